The Morgan fingerprint density at radius 3 is 2.23 bits per heavy atom. The molecule has 2 aromatic carbocycles. The molecule has 0 saturated heterocycles. The largest absolute Gasteiger partial charge is 0.491 e. The van der Waals surface area contributed by atoms with Crippen LogP contribution in [-0.2, 0) is 11.2 Å². The van der Waals surface area contributed by atoms with Crippen LogP contribution in [0, 0.1) is 0 Å². The van der Waals surface area contributed by atoms with Crippen LogP contribution in [0.5, 0.6) is 11.5 Å². The first-order chi connectivity index (χ1) is 14.6. The number of hydrogen-bond acceptors (Lipinski definition) is 3. The Balaban J connectivity index is 0.00000218. The van der Waals surface area contributed by atoms with Crippen LogP contribution in [0.4, 0.5) is 0 Å². The minimum Gasteiger partial charge on any atom is -0.491 e. The molecule has 3 nitrogen and oxygen atoms in total. The Morgan fingerprint density at radius 1 is 0.833 bits per heavy atom. The van der Waals surface area contributed by atoms with Crippen molar-refractivity contribution in [1.82, 2.24) is 0 Å². The van der Waals surface area contributed by atoms with E-state index in [1.54, 1.807) is 0 Å². The number of ether oxygens (including phenoxy) is 3. The van der Waals surface area contributed by atoms with Crippen LogP contribution < -0.4 is 9.47 Å². The van der Waals surface area contributed by atoms with Crippen molar-refractivity contribution in [3.63, 3.8) is 0 Å². The lowest BCUT2D eigenvalue weighted by Gasteiger charge is -2.17. The second-order valence-electron chi connectivity index (χ2n) is 7.39. The Hall–Kier alpha value is -2.00. The van der Waals surface area contributed by atoms with Crippen molar-refractivity contribution in [3.8, 4) is 11.5 Å². The van der Waals surface area contributed by atoms with Gasteiger partial charge in [-0.15, -0.1) is 0 Å². The van der Waals surface area contributed by atoms with E-state index in [0.29, 0.717) is 19.1 Å². The lowest BCUT2D eigenvalue weighted by molar-refractivity contribution is -0.0739. The van der Waals surface area contributed by atoms with Crippen LogP contribution in [0.3, 0.4) is 0 Å². The van der Waals surface area contributed by atoms with Crippen molar-refractivity contribution in [2.45, 2.75) is 85.9 Å². The maximum atomic E-state index is 5.83. The van der Waals surface area contributed by atoms with E-state index in [2.05, 4.69) is 51.1 Å². The molecule has 30 heavy (non-hydrogen) atoms. The molecule has 0 spiro atoms. The molecule has 2 unspecified atom stereocenters. The van der Waals surface area contributed by atoms with Crippen LogP contribution >= 0.6 is 0 Å². The first kappa shape index (κ1) is 26.0. The normalized spacial score (nSPS) is 12.5. The molecule has 0 N–H and O–H groups in total. The maximum absolute atomic E-state index is 5.83. The molecule has 3 heteroatoms. The zero-order valence-corrected chi connectivity index (χ0v) is 19.9. The predicted molar refractivity (Wildman–Crippen MR) is 128 cm³/mol. The van der Waals surface area contributed by atoms with E-state index in [0.717, 1.165) is 24.3 Å². The van der Waals surface area contributed by atoms with E-state index in [-0.39, 0.29) is 6.29 Å². The predicted octanol–water partition coefficient (Wildman–Crippen LogP) is 7.78. The third-order valence-electron chi connectivity index (χ3n) is 5.04. The molecule has 0 aliphatic carbocycles. The van der Waals surface area contributed by atoms with Crippen LogP contribution in [0.2, 0.25) is 0 Å². The molecular weight excluding hydrogens is 372 g/mol. The Morgan fingerprint density at radius 2 is 1.57 bits per heavy atom. The highest BCUT2D eigenvalue weighted by molar-refractivity contribution is 5.29. The van der Waals surface area contributed by atoms with Crippen molar-refractivity contribution < 1.29 is 14.2 Å². The maximum Gasteiger partial charge on any atom is 0.197 e. The van der Waals surface area contributed by atoms with Gasteiger partial charge in [0.2, 0.25) is 0 Å². The average molecular weight is 415 g/mol. The quantitative estimate of drug-likeness (QED) is 0.247. The molecule has 2 rings (SSSR count). The van der Waals surface area contributed by atoms with Gasteiger partial charge in [-0.05, 0) is 67.5 Å². The fourth-order valence-electron chi connectivity index (χ4n) is 3.08. The summed E-state index contributed by atoms with van der Waals surface area (Å²) < 4.78 is 17.4. The Bertz CT molecular complexity index is 666. The molecular formula is C27H42O3. The van der Waals surface area contributed by atoms with Gasteiger partial charge >= 0.3 is 0 Å². The molecule has 0 aromatic heterocycles. The second-order valence-corrected chi connectivity index (χ2v) is 7.39. The summed E-state index contributed by atoms with van der Waals surface area (Å²) in [5.41, 5.74) is 2.68. The number of hydrogen-bond donors (Lipinski definition) is 0. The van der Waals surface area contributed by atoms with Crippen molar-refractivity contribution in [3.05, 3.63) is 59.7 Å². The molecule has 0 fully saturated rings. The third kappa shape index (κ3) is 10.2. The highest BCUT2D eigenvalue weighted by Crippen LogP contribution is 2.22. The molecule has 0 radical (unpaired) electrons. The van der Waals surface area contributed by atoms with Gasteiger partial charge in [0.1, 0.15) is 18.1 Å². The average Bonchev–Trinajstić information content (AvgIpc) is 2.78. The zero-order chi connectivity index (χ0) is 22.2. The smallest absolute Gasteiger partial charge is 0.197 e. The summed E-state index contributed by atoms with van der Waals surface area (Å²) in [7, 11) is 0. The summed E-state index contributed by atoms with van der Waals surface area (Å²) in [6.45, 7) is 13.6. The van der Waals surface area contributed by atoms with Crippen LogP contribution in [0.15, 0.2) is 48.5 Å². The highest BCUT2D eigenvalue weighted by atomic mass is 16.7. The second kappa shape index (κ2) is 15.8. The van der Waals surface area contributed by atoms with Gasteiger partial charge in [0.05, 0.1) is 6.61 Å². The fourth-order valence-corrected chi connectivity index (χ4v) is 3.08. The van der Waals surface area contributed by atoms with E-state index >= 15 is 0 Å². The minimum atomic E-state index is -0.307. The molecule has 0 amide bonds. The molecule has 0 aliphatic heterocycles. The number of benzene rings is 2. The third-order valence-corrected chi connectivity index (χ3v) is 5.04. The monoisotopic (exact) mass is 414 g/mol. The fraction of sp³-hybridized carbons (Fsp3) is 0.556. The van der Waals surface area contributed by atoms with E-state index < -0.39 is 0 Å². The van der Waals surface area contributed by atoms with Gasteiger partial charge in [-0.2, -0.15) is 0 Å². The lowest BCUT2D eigenvalue weighted by Crippen LogP contribution is -2.19. The minimum absolute atomic E-state index is 0.307. The molecule has 2 aromatic rings. The van der Waals surface area contributed by atoms with E-state index in [1.807, 2.05) is 39.0 Å². The molecule has 0 aliphatic rings. The lowest BCUT2D eigenvalue weighted by atomic mass is 9.99. The zero-order valence-electron chi connectivity index (χ0n) is 19.9. The summed E-state index contributed by atoms with van der Waals surface area (Å²) in [5.74, 6) is 2.32. The van der Waals surface area contributed by atoms with Crippen LogP contribution in [0.25, 0.3) is 0 Å². The van der Waals surface area contributed by atoms with Gasteiger partial charge in [0.25, 0.3) is 0 Å². The summed E-state index contributed by atoms with van der Waals surface area (Å²) in [6, 6.07) is 16.7. The summed E-state index contributed by atoms with van der Waals surface area (Å²) in [4.78, 5) is 0. The van der Waals surface area contributed by atoms with Gasteiger partial charge < -0.3 is 14.2 Å². The summed E-state index contributed by atoms with van der Waals surface area (Å²) in [6.07, 6.45) is 5.70. The topological polar surface area (TPSA) is 27.7 Å². The van der Waals surface area contributed by atoms with Crippen LogP contribution in [-0.4, -0.2) is 19.5 Å². The number of aryl methyl sites for hydroxylation is 1. The molecule has 0 heterocycles. The van der Waals surface area contributed by atoms with Gasteiger partial charge in [0.15, 0.2) is 6.29 Å². The number of rotatable bonds is 13. The Kier molecular flexibility index (Phi) is 13.7. The molecule has 0 bridgehead atoms. The van der Waals surface area contributed by atoms with Gasteiger partial charge in [-0.25, -0.2) is 0 Å². The molecule has 168 valence electrons. The van der Waals surface area contributed by atoms with Crippen molar-refractivity contribution in [1.29, 1.82) is 0 Å². The van der Waals surface area contributed by atoms with Gasteiger partial charge in [-0.1, -0.05) is 71.7 Å². The van der Waals surface area contributed by atoms with E-state index in [9.17, 15) is 0 Å². The molecule has 0 saturated carbocycles. The molecule has 2 atom stereocenters. The van der Waals surface area contributed by atoms with Gasteiger partial charge in [-0.3, -0.25) is 0 Å². The first-order valence-corrected chi connectivity index (χ1v) is 11.7. The number of unbranched alkanes of at least 4 members (excludes halogenated alkanes) is 2. The van der Waals surface area contributed by atoms with Gasteiger partial charge in [0, 0.05) is 0 Å². The summed E-state index contributed by atoms with van der Waals surface area (Å²) in [5, 5.41) is 0. The summed E-state index contributed by atoms with van der Waals surface area (Å²) >= 11 is 0. The highest BCUT2D eigenvalue weighted by Gasteiger charge is 2.07. The van der Waals surface area contributed by atoms with Crippen molar-refractivity contribution in [2.24, 2.45) is 0 Å². The standard InChI is InChI=1S/C25H36O3.C2H6/c1-5-7-8-10-22-11-9-12-25(19-22)27-18-17-26-21(4)28-24-15-13-23(14-16-24)20(3)6-2;1-2/h9,11-16,19-21H,5-8,10,17-18H2,1-4H3;1-2H3. The van der Waals surface area contributed by atoms with Crippen LogP contribution in [0.1, 0.15) is 84.3 Å². The SMILES string of the molecule is CC.CCCCCc1cccc(OCCOC(C)Oc2ccc(C(C)CC)cc2)c1. The first-order valence-electron chi connectivity index (χ1n) is 11.7. The van der Waals surface area contributed by atoms with E-state index in [4.69, 9.17) is 14.2 Å². The van der Waals surface area contributed by atoms with Crippen molar-refractivity contribution in [2.75, 3.05) is 13.2 Å². The van der Waals surface area contributed by atoms with Crippen molar-refractivity contribution >= 4 is 0 Å². The van der Waals surface area contributed by atoms with E-state index in [1.165, 1.54) is 30.4 Å². The Labute approximate surface area is 184 Å².